The molecule has 0 saturated carbocycles. The van der Waals surface area contributed by atoms with Crippen LogP contribution in [0.2, 0.25) is 5.02 Å². The first-order chi connectivity index (χ1) is 10.1. The first-order valence-electron chi connectivity index (χ1n) is 6.72. The van der Waals surface area contributed by atoms with Crippen LogP contribution in [0.1, 0.15) is 18.9 Å². The summed E-state index contributed by atoms with van der Waals surface area (Å²) in [6.45, 7) is 3.45. The van der Waals surface area contributed by atoms with Gasteiger partial charge in [-0.05, 0) is 43.3 Å². The monoisotopic (exact) mass is 311 g/mol. The third-order valence-corrected chi connectivity index (χ3v) is 3.11. The van der Waals surface area contributed by atoms with Crippen molar-refractivity contribution in [3.63, 3.8) is 0 Å². The van der Waals surface area contributed by atoms with Gasteiger partial charge in [-0.15, -0.1) is 0 Å². The Morgan fingerprint density at radius 2 is 1.90 bits per heavy atom. The van der Waals surface area contributed by atoms with E-state index in [0.717, 1.165) is 36.7 Å². The predicted molar refractivity (Wildman–Crippen MR) is 79.9 cm³/mol. The molecule has 0 fully saturated rings. The van der Waals surface area contributed by atoms with Crippen LogP contribution >= 0.6 is 11.6 Å². The number of halogens is 3. The Balaban J connectivity index is 2.24. The van der Waals surface area contributed by atoms with Gasteiger partial charge in [-0.3, -0.25) is 0 Å². The zero-order valence-electron chi connectivity index (χ0n) is 11.6. The molecule has 0 aliphatic heterocycles. The van der Waals surface area contributed by atoms with Crippen LogP contribution in [-0.4, -0.2) is 6.54 Å². The second-order valence-corrected chi connectivity index (χ2v) is 5.04. The maximum absolute atomic E-state index is 13.6. The Labute approximate surface area is 127 Å². The molecule has 2 nitrogen and oxygen atoms in total. The van der Waals surface area contributed by atoms with Gasteiger partial charge >= 0.3 is 0 Å². The maximum atomic E-state index is 13.6. The molecule has 2 aromatic carbocycles. The summed E-state index contributed by atoms with van der Waals surface area (Å²) in [5.74, 6) is -0.855. The fourth-order valence-corrected chi connectivity index (χ4v) is 2.05. The molecule has 0 heterocycles. The van der Waals surface area contributed by atoms with Gasteiger partial charge in [0.2, 0.25) is 0 Å². The molecule has 0 unspecified atom stereocenters. The minimum atomic E-state index is -0.612. The lowest BCUT2D eigenvalue weighted by atomic mass is 10.2. The van der Waals surface area contributed by atoms with E-state index < -0.39 is 11.6 Å². The van der Waals surface area contributed by atoms with Gasteiger partial charge in [0.1, 0.15) is 11.6 Å². The standard InChI is InChI=1S/C16H16ClF2NO/c1-2-7-20-10-11-8-12(17)3-6-15(11)21-16-9-13(18)4-5-14(16)19/h3-6,8-9,20H,2,7,10H2,1H3. The van der Waals surface area contributed by atoms with Gasteiger partial charge in [0.25, 0.3) is 0 Å². The summed E-state index contributed by atoms with van der Waals surface area (Å²) in [5.41, 5.74) is 0.791. The highest BCUT2D eigenvalue weighted by atomic mass is 35.5. The highest BCUT2D eigenvalue weighted by molar-refractivity contribution is 6.30. The molecule has 0 atom stereocenters. The number of hydrogen-bond donors (Lipinski definition) is 1. The van der Waals surface area contributed by atoms with Gasteiger partial charge in [0, 0.05) is 23.2 Å². The van der Waals surface area contributed by atoms with E-state index in [1.165, 1.54) is 0 Å². The van der Waals surface area contributed by atoms with Gasteiger partial charge in [-0.25, -0.2) is 8.78 Å². The lowest BCUT2D eigenvalue weighted by molar-refractivity contribution is 0.430. The maximum Gasteiger partial charge on any atom is 0.165 e. The van der Waals surface area contributed by atoms with Gasteiger partial charge in [-0.2, -0.15) is 0 Å². The lowest BCUT2D eigenvalue weighted by Gasteiger charge is -2.13. The van der Waals surface area contributed by atoms with E-state index in [0.29, 0.717) is 17.3 Å². The SMILES string of the molecule is CCCNCc1cc(Cl)ccc1Oc1cc(F)ccc1F. The zero-order valence-corrected chi connectivity index (χ0v) is 12.4. The number of benzene rings is 2. The third kappa shape index (κ3) is 4.41. The average Bonchev–Trinajstić information content (AvgIpc) is 2.46. The van der Waals surface area contributed by atoms with Crippen LogP contribution in [0.25, 0.3) is 0 Å². The van der Waals surface area contributed by atoms with Crippen LogP contribution in [0.4, 0.5) is 8.78 Å². The first kappa shape index (κ1) is 15.7. The van der Waals surface area contributed by atoms with E-state index in [9.17, 15) is 8.78 Å². The number of rotatable bonds is 6. The Kier molecular flexibility index (Phi) is 5.53. The van der Waals surface area contributed by atoms with E-state index >= 15 is 0 Å². The predicted octanol–water partition coefficient (Wildman–Crippen LogP) is 4.91. The minimum absolute atomic E-state index is 0.144. The van der Waals surface area contributed by atoms with Crippen molar-refractivity contribution in [1.29, 1.82) is 0 Å². The molecule has 0 saturated heterocycles. The summed E-state index contributed by atoms with van der Waals surface area (Å²) in [4.78, 5) is 0. The molecular formula is C16H16ClF2NO. The van der Waals surface area contributed by atoms with Gasteiger partial charge < -0.3 is 10.1 Å². The number of nitrogens with one attached hydrogen (secondary N) is 1. The summed E-state index contributed by atoms with van der Waals surface area (Å²) < 4.78 is 32.3. The third-order valence-electron chi connectivity index (χ3n) is 2.88. The highest BCUT2D eigenvalue weighted by Crippen LogP contribution is 2.30. The van der Waals surface area contributed by atoms with Gasteiger partial charge in [0.05, 0.1) is 0 Å². The molecule has 0 aromatic heterocycles. The van der Waals surface area contributed by atoms with Crippen molar-refractivity contribution in [1.82, 2.24) is 5.32 Å². The van der Waals surface area contributed by atoms with Crippen molar-refractivity contribution in [3.8, 4) is 11.5 Å². The molecule has 0 aliphatic rings. The number of hydrogen-bond acceptors (Lipinski definition) is 2. The molecule has 5 heteroatoms. The molecular weight excluding hydrogens is 296 g/mol. The first-order valence-corrected chi connectivity index (χ1v) is 7.10. The summed E-state index contributed by atoms with van der Waals surface area (Å²) in [6.07, 6.45) is 0.995. The van der Waals surface area contributed by atoms with Crippen molar-refractivity contribution in [2.75, 3.05) is 6.54 Å². The van der Waals surface area contributed by atoms with Crippen LogP contribution in [0.15, 0.2) is 36.4 Å². The Morgan fingerprint density at radius 3 is 2.67 bits per heavy atom. The van der Waals surface area contributed by atoms with Crippen molar-refractivity contribution in [2.45, 2.75) is 19.9 Å². The van der Waals surface area contributed by atoms with Crippen LogP contribution in [-0.2, 0) is 6.54 Å². The quantitative estimate of drug-likeness (QED) is 0.765. The fourth-order valence-electron chi connectivity index (χ4n) is 1.86. The molecule has 0 amide bonds. The molecule has 2 aromatic rings. The van der Waals surface area contributed by atoms with Crippen molar-refractivity contribution >= 4 is 11.6 Å². The summed E-state index contributed by atoms with van der Waals surface area (Å²) in [7, 11) is 0. The topological polar surface area (TPSA) is 21.3 Å². The molecule has 0 spiro atoms. The minimum Gasteiger partial charge on any atom is -0.454 e. The molecule has 2 rings (SSSR count). The van der Waals surface area contributed by atoms with Gasteiger partial charge in [0.15, 0.2) is 11.6 Å². The Hall–Kier alpha value is -1.65. The average molecular weight is 312 g/mol. The number of ether oxygens (including phenoxy) is 1. The fraction of sp³-hybridized carbons (Fsp3) is 0.250. The molecule has 112 valence electrons. The van der Waals surface area contributed by atoms with E-state index in [4.69, 9.17) is 16.3 Å². The Morgan fingerprint density at radius 1 is 1.10 bits per heavy atom. The summed E-state index contributed by atoms with van der Waals surface area (Å²) >= 11 is 5.97. The lowest BCUT2D eigenvalue weighted by Crippen LogP contribution is -2.14. The van der Waals surface area contributed by atoms with Crippen LogP contribution in [0.5, 0.6) is 11.5 Å². The van der Waals surface area contributed by atoms with E-state index in [-0.39, 0.29) is 5.75 Å². The highest BCUT2D eigenvalue weighted by Gasteiger charge is 2.10. The van der Waals surface area contributed by atoms with Gasteiger partial charge in [-0.1, -0.05) is 18.5 Å². The second kappa shape index (κ2) is 7.38. The van der Waals surface area contributed by atoms with Crippen molar-refractivity contribution in [3.05, 3.63) is 58.6 Å². The van der Waals surface area contributed by atoms with Crippen LogP contribution in [0, 0.1) is 11.6 Å². The smallest absolute Gasteiger partial charge is 0.165 e. The van der Waals surface area contributed by atoms with Crippen LogP contribution in [0.3, 0.4) is 0 Å². The summed E-state index contributed by atoms with van der Waals surface area (Å²) in [5, 5.41) is 3.79. The van der Waals surface area contributed by atoms with E-state index in [2.05, 4.69) is 12.2 Å². The van der Waals surface area contributed by atoms with E-state index in [1.54, 1.807) is 18.2 Å². The molecule has 1 N–H and O–H groups in total. The molecule has 0 radical (unpaired) electrons. The normalized spacial score (nSPS) is 10.7. The Bertz CT molecular complexity index is 619. The van der Waals surface area contributed by atoms with Crippen molar-refractivity contribution in [2.24, 2.45) is 0 Å². The van der Waals surface area contributed by atoms with E-state index in [1.807, 2.05) is 0 Å². The largest absolute Gasteiger partial charge is 0.454 e. The molecule has 0 aliphatic carbocycles. The second-order valence-electron chi connectivity index (χ2n) is 4.61. The molecule has 0 bridgehead atoms. The zero-order chi connectivity index (χ0) is 15.2. The van der Waals surface area contributed by atoms with Crippen LogP contribution < -0.4 is 10.1 Å². The molecule has 21 heavy (non-hydrogen) atoms. The van der Waals surface area contributed by atoms with Crippen molar-refractivity contribution < 1.29 is 13.5 Å². The summed E-state index contributed by atoms with van der Waals surface area (Å²) in [6, 6.07) is 8.15.